The van der Waals surface area contributed by atoms with Crippen molar-refractivity contribution >= 4 is 57.6 Å². The summed E-state index contributed by atoms with van der Waals surface area (Å²) >= 11 is 7.40. The van der Waals surface area contributed by atoms with Crippen molar-refractivity contribution in [2.75, 3.05) is 30.7 Å². The summed E-state index contributed by atoms with van der Waals surface area (Å²) in [6, 6.07) is 11.2. The van der Waals surface area contributed by atoms with Crippen LogP contribution < -0.4 is 11.1 Å². The smallest absolute Gasteiger partial charge is 0.262 e. The summed E-state index contributed by atoms with van der Waals surface area (Å²) in [5.74, 6) is 0.183. The second kappa shape index (κ2) is 8.33. The Morgan fingerprint density at radius 3 is 2.91 bits per heavy atom. The van der Waals surface area contributed by atoms with Crippen molar-refractivity contribution in [3.63, 3.8) is 0 Å². The lowest BCUT2D eigenvalue weighted by Gasteiger charge is -2.35. The van der Waals surface area contributed by atoms with Crippen LogP contribution in [-0.4, -0.2) is 51.2 Å². The van der Waals surface area contributed by atoms with Crippen LogP contribution in [0.15, 0.2) is 58.7 Å². The lowest BCUT2D eigenvalue weighted by atomic mass is 10.1. The third-order valence-electron chi connectivity index (χ3n) is 5.44. The summed E-state index contributed by atoms with van der Waals surface area (Å²) in [6.45, 7) is 1.44. The number of benzene rings is 2. The monoisotopic (exact) mass is 466 g/mol. The standard InChI is InChI=1S/C22H19ClN6O2S/c23-14-2-4-18-17(8-14)25-9-19(32-18)22(31)29-6-5-28(20(30)11-29)10-13-1-3-15-16(7-13)26-12-27-21(15)24/h1-4,7-9,12,25H,5-6,10-11H2,(H2,24,26,27). The van der Waals surface area contributed by atoms with Gasteiger partial charge in [0.15, 0.2) is 0 Å². The molecule has 0 unspecified atom stereocenters. The van der Waals surface area contributed by atoms with E-state index in [1.165, 1.54) is 18.1 Å². The molecule has 0 saturated carbocycles. The molecule has 5 rings (SSSR count). The predicted molar refractivity (Wildman–Crippen MR) is 125 cm³/mol. The van der Waals surface area contributed by atoms with E-state index in [0.29, 0.717) is 35.4 Å². The molecule has 1 aromatic heterocycles. The number of piperazine rings is 1. The van der Waals surface area contributed by atoms with E-state index >= 15 is 0 Å². The number of nitrogens with two attached hydrogens (primary N) is 1. The van der Waals surface area contributed by atoms with Crippen LogP contribution >= 0.6 is 23.4 Å². The van der Waals surface area contributed by atoms with Gasteiger partial charge in [-0.1, -0.05) is 29.4 Å². The van der Waals surface area contributed by atoms with Crippen LogP contribution in [-0.2, 0) is 16.1 Å². The number of fused-ring (bicyclic) bond motifs is 2. The third kappa shape index (κ3) is 3.96. The van der Waals surface area contributed by atoms with Crippen molar-refractivity contribution in [2.45, 2.75) is 11.4 Å². The largest absolute Gasteiger partial charge is 0.383 e. The number of carbonyl (C=O) groups is 2. The van der Waals surface area contributed by atoms with Crippen LogP contribution in [0.3, 0.4) is 0 Å². The maximum atomic E-state index is 13.0. The highest BCUT2D eigenvalue weighted by atomic mass is 35.5. The van der Waals surface area contributed by atoms with Gasteiger partial charge in [-0.25, -0.2) is 9.97 Å². The molecule has 2 amide bonds. The van der Waals surface area contributed by atoms with Gasteiger partial charge in [-0.3, -0.25) is 9.59 Å². The molecular formula is C22H19ClN6O2S. The topological polar surface area (TPSA) is 104 Å². The zero-order valence-corrected chi connectivity index (χ0v) is 18.5. The number of rotatable bonds is 3. The SMILES string of the molecule is Nc1ncnc2cc(CN3CCN(C(=O)C4=CNc5cc(Cl)ccc5S4)CC3=O)ccc12. The van der Waals surface area contributed by atoms with Crippen LogP contribution in [0, 0.1) is 0 Å². The molecule has 3 N–H and O–H groups in total. The highest BCUT2D eigenvalue weighted by Crippen LogP contribution is 2.39. The number of nitrogen functional groups attached to an aromatic ring is 1. The van der Waals surface area contributed by atoms with Crippen LogP contribution in [0.4, 0.5) is 11.5 Å². The Bertz CT molecular complexity index is 1280. The Morgan fingerprint density at radius 1 is 1.19 bits per heavy atom. The highest BCUT2D eigenvalue weighted by Gasteiger charge is 2.30. The molecule has 2 aliphatic rings. The van der Waals surface area contributed by atoms with E-state index in [1.54, 1.807) is 22.1 Å². The van der Waals surface area contributed by atoms with E-state index < -0.39 is 0 Å². The van der Waals surface area contributed by atoms with Crippen molar-refractivity contribution in [1.29, 1.82) is 0 Å². The predicted octanol–water partition coefficient (Wildman–Crippen LogP) is 3.10. The molecule has 0 aliphatic carbocycles. The Labute approximate surface area is 193 Å². The number of aromatic nitrogens is 2. The second-order valence-corrected chi connectivity index (χ2v) is 9.07. The van der Waals surface area contributed by atoms with Gasteiger partial charge in [0.2, 0.25) is 5.91 Å². The minimum absolute atomic E-state index is 0.0485. The number of hydrogen-bond donors (Lipinski definition) is 2. The van der Waals surface area contributed by atoms with Gasteiger partial charge in [0.05, 0.1) is 16.1 Å². The van der Waals surface area contributed by atoms with Crippen molar-refractivity contribution in [3.8, 4) is 0 Å². The lowest BCUT2D eigenvalue weighted by molar-refractivity contribution is -0.143. The van der Waals surface area contributed by atoms with E-state index in [0.717, 1.165) is 27.0 Å². The molecule has 162 valence electrons. The first-order chi connectivity index (χ1) is 15.5. The fraction of sp³-hybridized carbons (Fsp3) is 0.182. The number of thioether (sulfide) groups is 1. The summed E-state index contributed by atoms with van der Waals surface area (Å²) in [5, 5.41) is 4.53. The Hall–Kier alpha value is -3.30. The summed E-state index contributed by atoms with van der Waals surface area (Å²) < 4.78 is 0. The molecule has 1 saturated heterocycles. The number of nitrogens with zero attached hydrogens (tertiary/aromatic N) is 4. The summed E-state index contributed by atoms with van der Waals surface area (Å²) in [4.78, 5) is 38.8. The normalized spacial score (nSPS) is 15.9. The zero-order valence-electron chi connectivity index (χ0n) is 16.9. The van der Waals surface area contributed by atoms with Gasteiger partial charge in [-0.05, 0) is 35.9 Å². The van der Waals surface area contributed by atoms with Gasteiger partial charge in [-0.15, -0.1) is 0 Å². The first-order valence-electron chi connectivity index (χ1n) is 9.98. The van der Waals surface area contributed by atoms with Crippen LogP contribution in [0.2, 0.25) is 5.02 Å². The average Bonchev–Trinajstić information content (AvgIpc) is 2.79. The van der Waals surface area contributed by atoms with Gasteiger partial charge in [-0.2, -0.15) is 0 Å². The third-order valence-corrected chi connectivity index (χ3v) is 6.77. The molecule has 0 atom stereocenters. The fourth-order valence-corrected chi connectivity index (χ4v) is 4.85. The highest BCUT2D eigenvalue weighted by molar-refractivity contribution is 8.04. The van der Waals surface area contributed by atoms with Gasteiger partial charge < -0.3 is 20.9 Å². The van der Waals surface area contributed by atoms with E-state index in [-0.39, 0.29) is 18.4 Å². The number of halogens is 1. The molecule has 3 heterocycles. The number of carbonyl (C=O) groups excluding carboxylic acids is 2. The second-order valence-electron chi connectivity index (χ2n) is 7.55. The average molecular weight is 467 g/mol. The molecule has 2 aromatic carbocycles. The van der Waals surface area contributed by atoms with Crippen LogP contribution in [0.25, 0.3) is 10.9 Å². The molecule has 2 aliphatic heterocycles. The first kappa shape index (κ1) is 20.6. The van der Waals surface area contributed by atoms with Crippen molar-refractivity contribution in [3.05, 3.63) is 64.4 Å². The minimum atomic E-state index is -0.158. The van der Waals surface area contributed by atoms with Gasteiger partial charge in [0.1, 0.15) is 18.7 Å². The number of amides is 2. The summed E-state index contributed by atoms with van der Waals surface area (Å²) in [7, 11) is 0. The molecule has 1 fully saturated rings. The maximum Gasteiger partial charge on any atom is 0.262 e. The molecule has 10 heteroatoms. The Kier molecular flexibility index (Phi) is 5.36. The molecule has 32 heavy (non-hydrogen) atoms. The molecule has 8 nitrogen and oxygen atoms in total. The quantitative estimate of drug-likeness (QED) is 0.611. The van der Waals surface area contributed by atoms with E-state index in [1.807, 2.05) is 30.3 Å². The number of anilines is 2. The van der Waals surface area contributed by atoms with Crippen LogP contribution in [0.5, 0.6) is 0 Å². The van der Waals surface area contributed by atoms with E-state index in [4.69, 9.17) is 17.3 Å². The fourth-order valence-electron chi connectivity index (χ4n) is 3.75. The van der Waals surface area contributed by atoms with Crippen LogP contribution in [0.1, 0.15) is 5.56 Å². The zero-order chi connectivity index (χ0) is 22.2. The van der Waals surface area contributed by atoms with E-state index in [9.17, 15) is 9.59 Å². The first-order valence-corrected chi connectivity index (χ1v) is 11.2. The molecule has 0 spiro atoms. The Balaban J connectivity index is 1.24. The lowest BCUT2D eigenvalue weighted by Crippen LogP contribution is -2.52. The molecule has 0 bridgehead atoms. The maximum absolute atomic E-state index is 13.0. The molecular weight excluding hydrogens is 448 g/mol. The number of hydrogen-bond acceptors (Lipinski definition) is 7. The number of nitrogens with one attached hydrogen (secondary N) is 1. The minimum Gasteiger partial charge on any atom is -0.383 e. The molecule has 0 radical (unpaired) electrons. The van der Waals surface area contributed by atoms with Gasteiger partial charge in [0, 0.05) is 41.1 Å². The van der Waals surface area contributed by atoms with Gasteiger partial charge >= 0.3 is 0 Å². The van der Waals surface area contributed by atoms with Crippen molar-refractivity contribution in [1.82, 2.24) is 19.8 Å². The Morgan fingerprint density at radius 2 is 2.06 bits per heavy atom. The van der Waals surface area contributed by atoms with Gasteiger partial charge in [0.25, 0.3) is 5.91 Å². The summed E-state index contributed by atoms with van der Waals surface area (Å²) in [5.41, 5.74) is 8.44. The molecule has 3 aromatic rings. The van der Waals surface area contributed by atoms with Crippen molar-refractivity contribution in [2.24, 2.45) is 0 Å². The summed E-state index contributed by atoms with van der Waals surface area (Å²) in [6.07, 6.45) is 3.10. The van der Waals surface area contributed by atoms with E-state index in [2.05, 4.69) is 15.3 Å². The van der Waals surface area contributed by atoms with Crippen molar-refractivity contribution < 1.29 is 9.59 Å².